The number of Topliss-reactive ketones (excluding diaryl/α,β-unsaturated/α-hetero) is 1. The van der Waals surface area contributed by atoms with Crippen molar-refractivity contribution in [3.63, 3.8) is 0 Å². The van der Waals surface area contributed by atoms with Crippen molar-refractivity contribution in [2.75, 3.05) is 0 Å². The summed E-state index contributed by atoms with van der Waals surface area (Å²) in [6.07, 6.45) is 1.47. The maximum Gasteiger partial charge on any atom is 0.161 e. The standard InChI is InChI=1S/C10H18O2/c1-10(2,3)7-4-5-8(11)9(12)6-7/h7,9,12H,4-6H2,1-3H3/t7-,9-/m0/s1. The van der Waals surface area contributed by atoms with Crippen LogP contribution in [0, 0.1) is 11.3 Å². The predicted octanol–water partition coefficient (Wildman–Crippen LogP) is 1.76. The van der Waals surface area contributed by atoms with E-state index in [0.29, 0.717) is 18.8 Å². The zero-order chi connectivity index (χ0) is 9.35. The second-order valence-electron chi connectivity index (χ2n) is 4.82. The van der Waals surface area contributed by atoms with Crippen molar-refractivity contribution < 1.29 is 9.90 Å². The second kappa shape index (κ2) is 3.17. The molecule has 2 atom stereocenters. The minimum Gasteiger partial charge on any atom is -0.385 e. The fourth-order valence-electron chi connectivity index (χ4n) is 1.79. The molecule has 0 spiro atoms. The molecule has 0 amide bonds. The fourth-order valence-corrected chi connectivity index (χ4v) is 1.79. The largest absolute Gasteiger partial charge is 0.385 e. The molecule has 1 fully saturated rings. The van der Waals surface area contributed by atoms with Crippen molar-refractivity contribution in [3.05, 3.63) is 0 Å². The first-order valence-electron chi connectivity index (χ1n) is 4.62. The minimum atomic E-state index is -0.692. The molecule has 1 aliphatic carbocycles. The Balaban J connectivity index is 2.57. The molecule has 0 unspecified atom stereocenters. The van der Waals surface area contributed by atoms with E-state index in [0.717, 1.165) is 6.42 Å². The van der Waals surface area contributed by atoms with E-state index < -0.39 is 6.10 Å². The maximum atomic E-state index is 11.0. The normalized spacial score (nSPS) is 32.2. The summed E-state index contributed by atoms with van der Waals surface area (Å²) in [7, 11) is 0. The van der Waals surface area contributed by atoms with Crippen LogP contribution in [0.4, 0.5) is 0 Å². The molecule has 1 N–H and O–H groups in total. The molecule has 0 aromatic heterocycles. The number of rotatable bonds is 0. The van der Waals surface area contributed by atoms with Crippen LogP contribution >= 0.6 is 0 Å². The smallest absolute Gasteiger partial charge is 0.161 e. The lowest BCUT2D eigenvalue weighted by atomic mass is 9.71. The Morgan fingerprint density at radius 3 is 2.42 bits per heavy atom. The van der Waals surface area contributed by atoms with Gasteiger partial charge in [0.15, 0.2) is 5.78 Å². The maximum absolute atomic E-state index is 11.0. The Kier molecular flexibility index (Phi) is 2.57. The molecule has 1 aliphatic rings. The monoisotopic (exact) mass is 170 g/mol. The molecule has 0 saturated heterocycles. The van der Waals surface area contributed by atoms with Crippen molar-refractivity contribution in [2.24, 2.45) is 11.3 Å². The third kappa shape index (κ3) is 2.07. The van der Waals surface area contributed by atoms with E-state index in [2.05, 4.69) is 20.8 Å². The van der Waals surface area contributed by atoms with E-state index in [9.17, 15) is 9.90 Å². The van der Waals surface area contributed by atoms with Crippen LogP contribution < -0.4 is 0 Å². The van der Waals surface area contributed by atoms with Gasteiger partial charge >= 0.3 is 0 Å². The molecule has 0 aliphatic heterocycles. The summed E-state index contributed by atoms with van der Waals surface area (Å²) in [5, 5.41) is 9.36. The number of hydrogen-bond donors (Lipinski definition) is 1. The van der Waals surface area contributed by atoms with Crippen LogP contribution in [0.15, 0.2) is 0 Å². The van der Waals surface area contributed by atoms with Crippen molar-refractivity contribution >= 4 is 5.78 Å². The van der Waals surface area contributed by atoms with Crippen LogP contribution in [-0.4, -0.2) is 17.0 Å². The van der Waals surface area contributed by atoms with Gasteiger partial charge in [-0.1, -0.05) is 20.8 Å². The topological polar surface area (TPSA) is 37.3 Å². The van der Waals surface area contributed by atoms with Crippen LogP contribution in [0.5, 0.6) is 0 Å². The lowest BCUT2D eigenvalue weighted by molar-refractivity contribution is -0.131. The Bertz CT molecular complexity index is 179. The van der Waals surface area contributed by atoms with Gasteiger partial charge < -0.3 is 5.11 Å². The fraction of sp³-hybridized carbons (Fsp3) is 0.900. The lowest BCUT2D eigenvalue weighted by Gasteiger charge is -2.35. The van der Waals surface area contributed by atoms with Gasteiger partial charge in [0.1, 0.15) is 6.10 Å². The molecule has 0 aromatic carbocycles. The Morgan fingerprint density at radius 2 is 2.00 bits per heavy atom. The molecule has 0 bridgehead atoms. The number of aliphatic hydroxyl groups excluding tert-OH is 1. The quantitative estimate of drug-likeness (QED) is 0.601. The third-order valence-electron chi connectivity index (χ3n) is 2.84. The Labute approximate surface area is 74.0 Å². The molecule has 2 nitrogen and oxygen atoms in total. The molecule has 1 rings (SSSR count). The zero-order valence-corrected chi connectivity index (χ0v) is 8.13. The second-order valence-corrected chi connectivity index (χ2v) is 4.82. The van der Waals surface area contributed by atoms with E-state index >= 15 is 0 Å². The van der Waals surface area contributed by atoms with Crippen molar-refractivity contribution in [1.82, 2.24) is 0 Å². The minimum absolute atomic E-state index is 0.0236. The van der Waals surface area contributed by atoms with E-state index in [1.807, 2.05) is 0 Å². The first-order valence-corrected chi connectivity index (χ1v) is 4.62. The van der Waals surface area contributed by atoms with E-state index in [-0.39, 0.29) is 11.2 Å². The Hall–Kier alpha value is -0.370. The summed E-state index contributed by atoms with van der Waals surface area (Å²) in [5.41, 5.74) is 0.224. The number of hydrogen-bond acceptors (Lipinski definition) is 2. The average molecular weight is 170 g/mol. The molecular weight excluding hydrogens is 152 g/mol. The molecular formula is C10H18O2. The zero-order valence-electron chi connectivity index (χ0n) is 8.13. The predicted molar refractivity (Wildman–Crippen MR) is 47.8 cm³/mol. The van der Waals surface area contributed by atoms with Gasteiger partial charge in [0.2, 0.25) is 0 Å². The molecule has 0 radical (unpaired) electrons. The first kappa shape index (κ1) is 9.72. The van der Waals surface area contributed by atoms with Crippen LogP contribution in [0.1, 0.15) is 40.0 Å². The summed E-state index contributed by atoms with van der Waals surface area (Å²) < 4.78 is 0. The van der Waals surface area contributed by atoms with Gasteiger partial charge in [-0.15, -0.1) is 0 Å². The summed E-state index contributed by atoms with van der Waals surface area (Å²) in [5.74, 6) is 0.515. The van der Waals surface area contributed by atoms with Gasteiger partial charge in [-0.3, -0.25) is 4.79 Å². The first-order chi connectivity index (χ1) is 5.41. The highest BCUT2D eigenvalue weighted by molar-refractivity contribution is 5.83. The van der Waals surface area contributed by atoms with Crippen molar-refractivity contribution in [2.45, 2.75) is 46.1 Å². The van der Waals surface area contributed by atoms with Gasteiger partial charge in [-0.25, -0.2) is 0 Å². The van der Waals surface area contributed by atoms with E-state index in [1.165, 1.54) is 0 Å². The van der Waals surface area contributed by atoms with Gasteiger partial charge in [-0.2, -0.15) is 0 Å². The number of aliphatic hydroxyl groups is 1. The average Bonchev–Trinajstić information content (AvgIpc) is 1.92. The number of carbonyl (C=O) groups excluding carboxylic acids is 1. The SMILES string of the molecule is CC(C)(C)[C@H]1CCC(=O)[C@@H](O)C1. The molecule has 70 valence electrons. The molecule has 1 saturated carbocycles. The van der Waals surface area contributed by atoms with E-state index in [1.54, 1.807) is 0 Å². The molecule has 0 heterocycles. The van der Waals surface area contributed by atoms with Crippen molar-refractivity contribution in [1.29, 1.82) is 0 Å². The summed E-state index contributed by atoms with van der Waals surface area (Å²) in [4.78, 5) is 11.0. The summed E-state index contributed by atoms with van der Waals surface area (Å²) in [6.45, 7) is 6.50. The number of carbonyl (C=O) groups is 1. The van der Waals surface area contributed by atoms with E-state index in [4.69, 9.17) is 0 Å². The van der Waals surface area contributed by atoms with Gasteiger partial charge in [0.25, 0.3) is 0 Å². The van der Waals surface area contributed by atoms with Gasteiger partial charge in [0.05, 0.1) is 0 Å². The highest BCUT2D eigenvalue weighted by atomic mass is 16.3. The highest BCUT2D eigenvalue weighted by Gasteiger charge is 2.33. The summed E-state index contributed by atoms with van der Waals surface area (Å²) in [6, 6.07) is 0. The lowest BCUT2D eigenvalue weighted by Crippen LogP contribution is -2.35. The third-order valence-corrected chi connectivity index (χ3v) is 2.84. The van der Waals surface area contributed by atoms with Crippen LogP contribution in [0.25, 0.3) is 0 Å². The molecule has 2 heteroatoms. The molecule has 12 heavy (non-hydrogen) atoms. The van der Waals surface area contributed by atoms with Crippen LogP contribution in [0.2, 0.25) is 0 Å². The highest BCUT2D eigenvalue weighted by Crippen LogP contribution is 2.36. The molecule has 0 aromatic rings. The summed E-state index contributed by atoms with van der Waals surface area (Å²) >= 11 is 0. The Morgan fingerprint density at radius 1 is 1.42 bits per heavy atom. The van der Waals surface area contributed by atoms with Crippen LogP contribution in [-0.2, 0) is 4.79 Å². The van der Waals surface area contributed by atoms with Gasteiger partial charge in [-0.05, 0) is 24.2 Å². The van der Waals surface area contributed by atoms with Gasteiger partial charge in [0, 0.05) is 6.42 Å². The van der Waals surface area contributed by atoms with Crippen LogP contribution in [0.3, 0.4) is 0 Å². The number of ketones is 1. The van der Waals surface area contributed by atoms with Crippen molar-refractivity contribution in [3.8, 4) is 0 Å².